The zero-order chi connectivity index (χ0) is 10.4. The molecule has 0 aromatic carbocycles. The highest BCUT2D eigenvalue weighted by Crippen LogP contribution is 2.18. The number of hydrogen-bond acceptors (Lipinski definition) is 2. The van der Waals surface area contributed by atoms with Gasteiger partial charge in [-0.2, -0.15) is 0 Å². The molecule has 0 rings (SSSR count). The summed E-state index contributed by atoms with van der Waals surface area (Å²) >= 11 is 0. The highest BCUT2D eigenvalue weighted by Gasteiger charge is 2.18. The standard InChI is InChI=1S/C11H22O2/c1-5-10(12)8(3)7-9(4)11(13)6-2/h8-10,12H,5-7H2,1-4H3/t8-,9+,10-/m1/s1. The van der Waals surface area contributed by atoms with Gasteiger partial charge >= 0.3 is 0 Å². The number of Topliss-reactive ketones (excluding diaryl/α,β-unsaturated/α-hetero) is 1. The molecule has 13 heavy (non-hydrogen) atoms. The summed E-state index contributed by atoms with van der Waals surface area (Å²) in [4.78, 5) is 11.3. The minimum Gasteiger partial charge on any atom is -0.393 e. The van der Waals surface area contributed by atoms with Gasteiger partial charge in [-0.3, -0.25) is 4.79 Å². The lowest BCUT2D eigenvalue weighted by atomic mass is 9.89. The lowest BCUT2D eigenvalue weighted by Crippen LogP contribution is -2.22. The summed E-state index contributed by atoms with van der Waals surface area (Å²) in [5, 5.41) is 9.52. The van der Waals surface area contributed by atoms with Gasteiger partial charge in [0, 0.05) is 12.3 Å². The van der Waals surface area contributed by atoms with Crippen LogP contribution in [0.5, 0.6) is 0 Å². The zero-order valence-corrected chi connectivity index (χ0v) is 9.21. The van der Waals surface area contributed by atoms with Crippen LogP contribution in [0.3, 0.4) is 0 Å². The fraction of sp³-hybridized carbons (Fsp3) is 0.909. The van der Waals surface area contributed by atoms with Crippen LogP contribution in [0, 0.1) is 11.8 Å². The Morgan fingerprint density at radius 2 is 1.85 bits per heavy atom. The SMILES string of the molecule is CCC(=O)[C@@H](C)C[C@@H](C)[C@H](O)CC. The average molecular weight is 186 g/mol. The summed E-state index contributed by atoms with van der Waals surface area (Å²) in [5.41, 5.74) is 0. The topological polar surface area (TPSA) is 37.3 Å². The Hall–Kier alpha value is -0.370. The third-order valence-electron chi connectivity index (χ3n) is 2.70. The summed E-state index contributed by atoms with van der Waals surface area (Å²) in [6.07, 6.45) is 1.93. The maximum atomic E-state index is 11.3. The molecule has 3 atom stereocenters. The van der Waals surface area contributed by atoms with Crippen molar-refractivity contribution in [3.8, 4) is 0 Å². The molecule has 0 unspecified atom stereocenters. The second kappa shape index (κ2) is 6.14. The third kappa shape index (κ3) is 4.41. The van der Waals surface area contributed by atoms with E-state index in [1.165, 1.54) is 0 Å². The van der Waals surface area contributed by atoms with Gasteiger partial charge in [-0.25, -0.2) is 0 Å². The van der Waals surface area contributed by atoms with Crippen LogP contribution < -0.4 is 0 Å². The summed E-state index contributed by atoms with van der Waals surface area (Å²) in [6.45, 7) is 7.81. The van der Waals surface area contributed by atoms with E-state index < -0.39 is 0 Å². The summed E-state index contributed by atoms with van der Waals surface area (Å²) in [5.74, 6) is 0.631. The number of aliphatic hydroxyl groups excluding tert-OH is 1. The first-order valence-corrected chi connectivity index (χ1v) is 5.23. The number of aliphatic hydroxyl groups is 1. The molecule has 0 saturated carbocycles. The van der Waals surface area contributed by atoms with E-state index in [4.69, 9.17) is 0 Å². The monoisotopic (exact) mass is 186 g/mol. The number of carbonyl (C=O) groups excluding carboxylic acids is 1. The molecule has 0 radical (unpaired) electrons. The van der Waals surface area contributed by atoms with Crippen LogP contribution in [0.1, 0.15) is 47.0 Å². The molecule has 2 heteroatoms. The van der Waals surface area contributed by atoms with Crippen molar-refractivity contribution in [3.63, 3.8) is 0 Å². The third-order valence-corrected chi connectivity index (χ3v) is 2.70. The van der Waals surface area contributed by atoms with E-state index in [9.17, 15) is 9.90 Å². The maximum Gasteiger partial charge on any atom is 0.135 e. The van der Waals surface area contributed by atoms with Crippen molar-refractivity contribution in [3.05, 3.63) is 0 Å². The largest absolute Gasteiger partial charge is 0.393 e. The van der Waals surface area contributed by atoms with E-state index >= 15 is 0 Å². The lowest BCUT2D eigenvalue weighted by molar-refractivity contribution is -0.122. The second-order valence-corrected chi connectivity index (χ2v) is 3.91. The van der Waals surface area contributed by atoms with E-state index in [-0.39, 0.29) is 17.9 Å². The smallest absolute Gasteiger partial charge is 0.135 e. The van der Waals surface area contributed by atoms with Crippen molar-refractivity contribution in [1.29, 1.82) is 0 Å². The summed E-state index contributed by atoms with van der Waals surface area (Å²) in [7, 11) is 0. The van der Waals surface area contributed by atoms with E-state index in [1.807, 2.05) is 27.7 Å². The maximum absolute atomic E-state index is 11.3. The molecule has 0 aliphatic heterocycles. The van der Waals surface area contributed by atoms with E-state index in [0.717, 1.165) is 12.8 Å². The van der Waals surface area contributed by atoms with Gasteiger partial charge in [0.1, 0.15) is 5.78 Å². The van der Waals surface area contributed by atoms with Gasteiger partial charge in [-0.15, -0.1) is 0 Å². The Morgan fingerprint density at radius 3 is 2.23 bits per heavy atom. The quantitative estimate of drug-likeness (QED) is 0.691. The van der Waals surface area contributed by atoms with Gasteiger partial charge in [0.05, 0.1) is 6.10 Å². The fourth-order valence-electron chi connectivity index (χ4n) is 1.60. The number of hydrogen-bond donors (Lipinski definition) is 1. The summed E-state index contributed by atoms with van der Waals surface area (Å²) in [6, 6.07) is 0. The molecule has 0 aromatic rings. The molecule has 0 aliphatic rings. The van der Waals surface area contributed by atoms with Gasteiger partial charge in [-0.05, 0) is 18.8 Å². The van der Waals surface area contributed by atoms with Gasteiger partial charge in [0.25, 0.3) is 0 Å². The van der Waals surface area contributed by atoms with Crippen LogP contribution in [-0.4, -0.2) is 17.0 Å². The Kier molecular flexibility index (Phi) is 5.97. The van der Waals surface area contributed by atoms with Crippen molar-refractivity contribution in [1.82, 2.24) is 0 Å². The van der Waals surface area contributed by atoms with Crippen molar-refractivity contribution in [2.24, 2.45) is 11.8 Å². The molecule has 0 aromatic heterocycles. The molecule has 1 N–H and O–H groups in total. The minimum absolute atomic E-state index is 0.0983. The predicted molar refractivity (Wildman–Crippen MR) is 54.5 cm³/mol. The van der Waals surface area contributed by atoms with Crippen LogP contribution >= 0.6 is 0 Å². The number of ketones is 1. The molecule has 0 spiro atoms. The number of carbonyl (C=O) groups is 1. The minimum atomic E-state index is -0.257. The van der Waals surface area contributed by atoms with Crippen molar-refractivity contribution < 1.29 is 9.90 Å². The van der Waals surface area contributed by atoms with E-state index in [2.05, 4.69) is 0 Å². The molecule has 0 fully saturated rings. The molecule has 0 bridgehead atoms. The molecule has 0 aliphatic carbocycles. The molecule has 0 saturated heterocycles. The first kappa shape index (κ1) is 12.6. The fourth-order valence-corrected chi connectivity index (χ4v) is 1.60. The lowest BCUT2D eigenvalue weighted by Gasteiger charge is -2.20. The molecule has 2 nitrogen and oxygen atoms in total. The van der Waals surface area contributed by atoms with Crippen molar-refractivity contribution in [2.75, 3.05) is 0 Å². The van der Waals surface area contributed by atoms with Crippen LogP contribution in [-0.2, 0) is 4.79 Å². The molecular weight excluding hydrogens is 164 g/mol. The van der Waals surface area contributed by atoms with Crippen molar-refractivity contribution >= 4 is 5.78 Å². The Labute approximate surface area is 81.3 Å². The molecular formula is C11H22O2. The van der Waals surface area contributed by atoms with Crippen LogP contribution in [0.2, 0.25) is 0 Å². The summed E-state index contributed by atoms with van der Waals surface area (Å²) < 4.78 is 0. The first-order chi connectivity index (χ1) is 6.02. The van der Waals surface area contributed by atoms with Gasteiger partial charge in [-0.1, -0.05) is 27.7 Å². The highest BCUT2D eigenvalue weighted by molar-refractivity contribution is 5.80. The average Bonchev–Trinajstić information content (AvgIpc) is 2.14. The number of rotatable bonds is 6. The van der Waals surface area contributed by atoms with E-state index in [1.54, 1.807) is 0 Å². The van der Waals surface area contributed by atoms with Gasteiger partial charge in [0.2, 0.25) is 0 Å². The molecule has 78 valence electrons. The highest BCUT2D eigenvalue weighted by atomic mass is 16.3. The van der Waals surface area contributed by atoms with Crippen LogP contribution in [0.15, 0.2) is 0 Å². The Morgan fingerprint density at radius 1 is 1.31 bits per heavy atom. The molecule has 0 heterocycles. The van der Waals surface area contributed by atoms with Crippen LogP contribution in [0.25, 0.3) is 0 Å². The van der Waals surface area contributed by atoms with Gasteiger partial charge < -0.3 is 5.11 Å². The van der Waals surface area contributed by atoms with E-state index in [0.29, 0.717) is 12.2 Å². The predicted octanol–water partition coefficient (Wildman–Crippen LogP) is 2.40. The Balaban J connectivity index is 3.90. The Bertz CT molecular complexity index is 154. The molecule has 0 amide bonds. The van der Waals surface area contributed by atoms with Gasteiger partial charge in [0.15, 0.2) is 0 Å². The van der Waals surface area contributed by atoms with Crippen LogP contribution in [0.4, 0.5) is 0 Å². The van der Waals surface area contributed by atoms with Crippen molar-refractivity contribution in [2.45, 2.75) is 53.1 Å². The zero-order valence-electron chi connectivity index (χ0n) is 9.21. The normalized spacial score (nSPS) is 17.9. The second-order valence-electron chi connectivity index (χ2n) is 3.91. The first-order valence-electron chi connectivity index (χ1n) is 5.23.